The van der Waals surface area contributed by atoms with Crippen LogP contribution in [0.15, 0.2) is 0 Å². The predicted molar refractivity (Wildman–Crippen MR) is 97.8 cm³/mol. The molecule has 142 valence electrons. The van der Waals surface area contributed by atoms with Crippen LogP contribution in [0.2, 0.25) is 0 Å². The molecule has 0 aromatic rings. The first-order valence-electron chi connectivity index (χ1n) is 9.94. The van der Waals surface area contributed by atoms with Gasteiger partial charge < -0.3 is 19.1 Å². The van der Waals surface area contributed by atoms with Crippen molar-refractivity contribution in [1.82, 2.24) is 4.90 Å². The summed E-state index contributed by atoms with van der Waals surface area (Å²) in [6, 6.07) is 0. The van der Waals surface area contributed by atoms with Gasteiger partial charge in [0.1, 0.15) is 5.60 Å². The van der Waals surface area contributed by atoms with E-state index < -0.39 is 0 Å². The van der Waals surface area contributed by atoms with Crippen LogP contribution < -0.4 is 0 Å². The maximum Gasteiger partial charge on any atom is 0.225 e. The number of amides is 1. The zero-order valence-corrected chi connectivity index (χ0v) is 15.9. The quantitative estimate of drug-likeness (QED) is 0.761. The molecular formula is C19H31NO4S. The number of carbonyl (C=O) groups excluding carboxylic acids is 1. The topological polar surface area (TPSA) is 48.0 Å². The van der Waals surface area contributed by atoms with Crippen LogP contribution in [0.1, 0.15) is 38.5 Å². The first-order chi connectivity index (χ1) is 12.2. The Morgan fingerprint density at radius 3 is 2.60 bits per heavy atom. The molecule has 5 nitrogen and oxygen atoms in total. The van der Waals surface area contributed by atoms with E-state index in [-0.39, 0.29) is 11.5 Å². The van der Waals surface area contributed by atoms with Gasteiger partial charge in [0, 0.05) is 38.8 Å². The Morgan fingerprint density at radius 1 is 1.08 bits per heavy atom. The zero-order valence-electron chi connectivity index (χ0n) is 15.1. The predicted octanol–water partition coefficient (Wildman–Crippen LogP) is 2.33. The summed E-state index contributed by atoms with van der Waals surface area (Å²) >= 11 is 1.97. The average molecular weight is 370 g/mol. The normalized spacial score (nSPS) is 31.0. The molecule has 0 saturated carbocycles. The fraction of sp³-hybridized carbons (Fsp3) is 0.947. The maximum atomic E-state index is 12.6. The summed E-state index contributed by atoms with van der Waals surface area (Å²) in [5.74, 6) is 3.53. The third-order valence-electron chi connectivity index (χ3n) is 6.20. The minimum absolute atomic E-state index is 0.127. The van der Waals surface area contributed by atoms with Gasteiger partial charge in [0.05, 0.1) is 19.2 Å². The average Bonchev–Trinajstić information content (AvgIpc) is 2.65. The van der Waals surface area contributed by atoms with E-state index in [2.05, 4.69) is 0 Å². The standard InChI is InChI=1S/C19H31NO4S/c21-18(16-4-9-25-10-5-16)20-13-19(14-20)11-17(3-8-24-19)23-12-15-1-6-22-7-2-15/h15-17H,1-14H2. The highest BCUT2D eigenvalue weighted by Gasteiger charge is 2.50. The van der Waals surface area contributed by atoms with Crippen molar-refractivity contribution in [1.29, 1.82) is 0 Å². The SMILES string of the molecule is O=C(C1CCSCC1)N1CC2(CC(OCC3CCOCC3)CCO2)C1. The summed E-state index contributed by atoms with van der Waals surface area (Å²) in [5.41, 5.74) is -0.127. The van der Waals surface area contributed by atoms with Crippen molar-refractivity contribution in [3.05, 3.63) is 0 Å². The third kappa shape index (κ3) is 4.34. The summed E-state index contributed by atoms with van der Waals surface area (Å²) in [4.78, 5) is 14.7. The summed E-state index contributed by atoms with van der Waals surface area (Å²) in [7, 11) is 0. The molecule has 4 aliphatic rings. The number of ether oxygens (including phenoxy) is 3. The Labute approximate surface area is 155 Å². The summed E-state index contributed by atoms with van der Waals surface area (Å²) in [6.07, 6.45) is 6.56. The summed E-state index contributed by atoms with van der Waals surface area (Å²) in [6.45, 7) is 4.91. The number of rotatable bonds is 4. The number of nitrogens with zero attached hydrogens (tertiary/aromatic N) is 1. The van der Waals surface area contributed by atoms with Gasteiger partial charge in [-0.25, -0.2) is 0 Å². The molecule has 0 aromatic carbocycles. The van der Waals surface area contributed by atoms with E-state index in [0.717, 1.165) is 89.5 Å². The van der Waals surface area contributed by atoms with Gasteiger partial charge in [-0.05, 0) is 49.5 Å². The third-order valence-corrected chi connectivity index (χ3v) is 7.25. The molecule has 0 aromatic heterocycles. The van der Waals surface area contributed by atoms with Gasteiger partial charge >= 0.3 is 0 Å². The van der Waals surface area contributed by atoms with Crippen LogP contribution in [0.4, 0.5) is 0 Å². The molecule has 4 rings (SSSR count). The van der Waals surface area contributed by atoms with Crippen LogP contribution in [-0.2, 0) is 19.0 Å². The van der Waals surface area contributed by atoms with Crippen LogP contribution >= 0.6 is 11.8 Å². The lowest BCUT2D eigenvalue weighted by atomic mass is 9.83. The van der Waals surface area contributed by atoms with Gasteiger partial charge in [0.25, 0.3) is 0 Å². The number of likely N-dealkylation sites (tertiary alicyclic amines) is 1. The smallest absolute Gasteiger partial charge is 0.225 e. The van der Waals surface area contributed by atoms with E-state index in [1.807, 2.05) is 16.7 Å². The summed E-state index contributed by atoms with van der Waals surface area (Å²) < 4.78 is 17.7. The second kappa shape index (κ2) is 8.15. The lowest BCUT2D eigenvalue weighted by Gasteiger charge is -2.53. The van der Waals surface area contributed by atoms with Crippen LogP contribution in [0, 0.1) is 11.8 Å². The minimum atomic E-state index is -0.127. The Hall–Kier alpha value is -0.300. The maximum absolute atomic E-state index is 12.6. The van der Waals surface area contributed by atoms with Crippen molar-refractivity contribution in [2.24, 2.45) is 11.8 Å². The van der Waals surface area contributed by atoms with Gasteiger partial charge in [0.15, 0.2) is 0 Å². The van der Waals surface area contributed by atoms with Crippen molar-refractivity contribution in [2.45, 2.75) is 50.2 Å². The molecule has 4 aliphatic heterocycles. The van der Waals surface area contributed by atoms with E-state index in [1.54, 1.807) is 0 Å². The second-order valence-electron chi connectivity index (χ2n) is 8.12. The van der Waals surface area contributed by atoms with Crippen molar-refractivity contribution in [3.8, 4) is 0 Å². The van der Waals surface area contributed by atoms with Gasteiger partial charge in [-0.1, -0.05) is 0 Å². The highest BCUT2D eigenvalue weighted by atomic mass is 32.2. The van der Waals surface area contributed by atoms with Crippen molar-refractivity contribution >= 4 is 17.7 Å². The van der Waals surface area contributed by atoms with E-state index in [0.29, 0.717) is 17.9 Å². The zero-order chi connectivity index (χ0) is 17.1. The Balaban J connectivity index is 1.22. The highest BCUT2D eigenvalue weighted by molar-refractivity contribution is 7.99. The molecule has 1 amide bonds. The number of thioether (sulfide) groups is 1. The second-order valence-corrected chi connectivity index (χ2v) is 9.34. The lowest BCUT2D eigenvalue weighted by Crippen LogP contribution is -2.68. The number of hydrogen-bond acceptors (Lipinski definition) is 5. The first-order valence-corrected chi connectivity index (χ1v) is 11.1. The highest BCUT2D eigenvalue weighted by Crippen LogP contribution is 2.37. The monoisotopic (exact) mass is 369 g/mol. The molecule has 0 bridgehead atoms. The van der Waals surface area contributed by atoms with Crippen molar-refractivity contribution < 1.29 is 19.0 Å². The molecule has 4 heterocycles. The molecule has 4 fully saturated rings. The van der Waals surface area contributed by atoms with Crippen molar-refractivity contribution in [3.63, 3.8) is 0 Å². The molecule has 6 heteroatoms. The molecule has 1 spiro atoms. The minimum Gasteiger partial charge on any atom is -0.381 e. The van der Waals surface area contributed by atoms with Gasteiger partial charge in [-0.3, -0.25) is 4.79 Å². The molecule has 0 radical (unpaired) electrons. The van der Waals surface area contributed by atoms with Crippen LogP contribution in [0.25, 0.3) is 0 Å². The number of hydrogen-bond donors (Lipinski definition) is 0. The lowest BCUT2D eigenvalue weighted by molar-refractivity contribution is -0.205. The molecule has 25 heavy (non-hydrogen) atoms. The largest absolute Gasteiger partial charge is 0.381 e. The molecule has 1 unspecified atom stereocenters. The Morgan fingerprint density at radius 2 is 1.84 bits per heavy atom. The first kappa shape index (κ1) is 18.1. The molecule has 0 N–H and O–H groups in total. The molecule has 0 aliphatic carbocycles. The Kier molecular flexibility index (Phi) is 5.90. The van der Waals surface area contributed by atoms with Crippen LogP contribution in [-0.4, -0.2) is 73.5 Å². The fourth-order valence-corrected chi connectivity index (χ4v) is 5.65. The van der Waals surface area contributed by atoms with E-state index in [1.165, 1.54) is 0 Å². The van der Waals surface area contributed by atoms with E-state index >= 15 is 0 Å². The molecule has 1 atom stereocenters. The Bertz CT molecular complexity index is 456. The van der Waals surface area contributed by atoms with Crippen LogP contribution in [0.5, 0.6) is 0 Å². The van der Waals surface area contributed by atoms with E-state index in [9.17, 15) is 4.79 Å². The molecular weight excluding hydrogens is 338 g/mol. The van der Waals surface area contributed by atoms with Crippen molar-refractivity contribution in [2.75, 3.05) is 51.0 Å². The van der Waals surface area contributed by atoms with Gasteiger partial charge in [-0.15, -0.1) is 0 Å². The fourth-order valence-electron chi connectivity index (χ4n) is 4.54. The van der Waals surface area contributed by atoms with Crippen LogP contribution in [0.3, 0.4) is 0 Å². The number of carbonyl (C=O) groups is 1. The van der Waals surface area contributed by atoms with E-state index in [4.69, 9.17) is 14.2 Å². The molecule has 4 saturated heterocycles. The van der Waals surface area contributed by atoms with Gasteiger partial charge in [0.2, 0.25) is 5.91 Å². The van der Waals surface area contributed by atoms with Gasteiger partial charge in [-0.2, -0.15) is 11.8 Å². The summed E-state index contributed by atoms with van der Waals surface area (Å²) in [5, 5.41) is 0.